The molecule has 0 aliphatic carbocycles. The van der Waals surface area contributed by atoms with Crippen molar-refractivity contribution in [1.82, 2.24) is 4.90 Å². The lowest BCUT2D eigenvalue weighted by atomic mass is 10.1. The summed E-state index contributed by atoms with van der Waals surface area (Å²) in [6, 6.07) is 15.6. The Bertz CT molecular complexity index is 1190. The zero-order valence-electron chi connectivity index (χ0n) is 15.7. The molecule has 1 fully saturated rings. The Morgan fingerprint density at radius 3 is 2.55 bits per heavy atom. The summed E-state index contributed by atoms with van der Waals surface area (Å²) < 4.78 is 45.2. The molecule has 158 valence electrons. The van der Waals surface area contributed by atoms with Crippen LogP contribution in [-0.4, -0.2) is 15.1 Å². The molecular weight excluding hydrogens is 467 g/mol. The van der Waals surface area contributed by atoms with Crippen molar-refractivity contribution < 1.29 is 22.4 Å². The quantitative estimate of drug-likeness (QED) is 0.297. The number of carbonyl (C=O) groups excluding carboxylic acids is 1. The van der Waals surface area contributed by atoms with Gasteiger partial charge in [-0.2, -0.15) is 13.2 Å². The zero-order chi connectivity index (χ0) is 22.2. The fourth-order valence-electron chi connectivity index (χ4n) is 3.00. The topological polar surface area (TPSA) is 33.5 Å². The molecule has 1 aliphatic rings. The molecule has 4 rings (SSSR count). The minimum absolute atomic E-state index is 0.118. The van der Waals surface area contributed by atoms with Crippen LogP contribution >= 0.6 is 35.6 Å². The van der Waals surface area contributed by atoms with E-state index in [1.807, 2.05) is 30.3 Å². The number of nitrogens with zero attached hydrogens (tertiary/aromatic N) is 1. The molecule has 3 nitrogen and oxygen atoms in total. The second-order valence-corrected chi connectivity index (χ2v) is 8.73. The van der Waals surface area contributed by atoms with E-state index in [1.54, 1.807) is 6.07 Å². The van der Waals surface area contributed by atoms with E-state index in [1.165, 1.54) is 23.1 Å². The first-order valence-electron chi connectivity index (χ1n) is 8.98. The summed E-state index contributed by atoms with van der Waals surface area (Å²) in [5.41, 5.74) is 0.235. The number of alkyl halides is 3. The van der Waals surface area contributed by atoms with Gasteiger partial charge in [0, 0.05) is 11.6 Å². The summed E-state index contributed by atoms with van der Waals surface area (Å²) in [7, 11) is 0. The fraction of sp³-hybridized carbons (Fsp3) is 0.0909. The van der Waals surface area contributed by atoms with Crippen molar-refractivity contribution >= 4 is 51.9 Å². The van der Waals surface area contributed by atoms with E-state index in [9.17, 15) is 18.0 Å². The van der Waals surface area contributed by atoms with Gasteiger partial charge in [0.2, 0.25) is 0 Å². The van der Waals surface area contributed by atoms with Gasteiger partial charge in [0.25, 0.3) is 5.91 Å². The third-order valence-corrected chi connectivity index (χ3v) is 6.22. The van der Waals surface area contributed by atoms with E-state index in [0.717, 1.165) is 29.5 Å². The van der Waals surface area contributed by atoms with Crippen LogP contribution in [0.25, 0.3) is 17.4 Å². The second-order valence-electron chi connectivity index (χ2n) is 6.65. The Balaban J connectivity index is 1.58. The highest BCUT2D eigenvalue weighted by atomic mass is 35.5. The van der Waals surface area contributed by atoms with Gasteiger partial charge >= 0.3 is 6.18 Å². The first-order chi connectivity index (χ1) is 14.7. The van der Waals surface area contributed by atoms with Gasteiger partial charge in [0.15, 0.2) is 0 Å². The van der Waals surface area contributed by atoms with Crippen molar-refractivity contribution in [2.75, 3.05) is 0 Å². The molecule has 0 atom stereocenters. The minimum atomic E-state index is -4.50. The number of thiocarbonyl (C=S) groups is 1. The minimum Gasteiger partial charge on any atom is -0.457 e. The molecule has 1 aromatic heterocycles. The molecule has 2 aromatic carbocycles. The molecule has 9 heteroatoms. The highest BCUT2D eigenvalue weighted by molar-refractivity contribution is 8.26. The molecule has 0 saturated carbocycles. The number of amides is 1. The number of carbonyl (C=O) groups is 1. The number of hydrogen-bond donors (Lipinski definition) is 0. The van der Waals surface area contributed by atoms with E-state index in [4.69, 9.17) is 28.2 Å². The maximum absolute atomic E-state index is 13.0. The lowest BCUT2D eigenvalue weighted by Gasteiger charge is -2.14. The summed E-state index contributed by atoms with van der Waals surface area (Å²) in [6.07, 6.45) is -2.98. The third kappa shape index (κ3) is 4.71. The molecule has 0 bridgehead atoms. The normalized spacial score (nSPS) is 15.9. The number of benzene rings is 2. The van der Waals surface area contributed by atoms with Gasteiger partial charge in [-0.05, 0) is 35.9 Å². The lowest BCUT2D eigenvalue weighted by Crippen LogP contribution is -2.27. The predicted molar refractivity (Wildman–Crippen MR) is 119 cm³/mol. The predicted octanol–water partition coefficient (Wildman–Crippen LogP) is 7.02. The molecule has 0 spiro atoms. The Kier molecular flexibility index (Phi) is 5.96. The molecule has 1 amide bonds. The van der Waals surface area contributed by atoms with Crippen molar-refractivity contribution in [1.29, 1.82) is 0 Å². The molecule has 0 N–H and O–H groups in total. The Morgan fingerprint density at radius 1 is 1.10 bits per heavy atom. The Labute approximate surface area is 190 Å². The maximum atomic E-state index is 13.0. The molecule has 0 unspecified atom stereocenters. The number of thioether (sulfide) groups is 1. The molecule has 31 heavy (non-hydrogen) atoms. The van der Waals surface area contributed by atoms with E-state index in [0.29, 0.717) is 21.5 Å². The molecule has 1 aliphatic heterocycles. The fourth-order valence-corrected chi connectivity index (χ4v) is 4.44. The summed E-state index contributed by atoms with van der Waals surface area (Å²) >= 11 is 12.5. The van der Waals surface area contributed by atoms with Gasteiger partial charge in [0.1, 0.15) is 15.8 Å². The van der Waals surface area contributed by atoms with Crippen molar-refractivity contribution in [3.8, 4) is 11.3 Å². The zero-order valence-corrected chi connectivity index (χ0v) is 18.0. The van der Waals surface area contributed by atoms with Gasteiger partial charge in [0.05, 0.1) is 22.0 Å². The molecule has 0 radical (unpaired) electrons. The van der Waals surface area contributed by atoms with Crippen LogP contribution in [0.2, 0.25) is 5.02 Å². The lowest BCUT2D eigenvalue weighted by molar-refractivity contribution is -0.137. The third-order valence-electron chi connectivity index (χ3n) is 4.52. The van der Waals surface area contributed by atoms with E-state index in [2.05, 4.69) is 0 Å². The summed E-state index contributed by atoms with van der Waals surface area (Å²) in [4.78, 5) is 14.6. The number of rotatable bonds is 4. The van der Waals surface area contributed by atoms with E-state index in [-0.39, 0.29) is 22.3 Å². The van der Waals surface area contributed by atoms with Crippen molar-refractivity contribution in [2.45, 2.75) is 12.7 Å². The second kappa shape index (κ2) is 8.53. The van der Waals surface area contributed by atoms with Crippen LogP contribution in [0, 0.1) is 0 Å². The summed E-state index contributed by atoms with van der Waals surface area (Å²) in [5, 5.41) is 0.128. The van der Waals surface area contributed by atoms with Gasteiger partial charge in [-0.3, -0.25) is 9.69 Å². The molecule has 1 saturated heterocycles. The average molecular weight is 480 g/mol. The number of hydrogen-bond acceptors (Lipinski definition) is 4. The number of halogens is 4. The Morgan fingerprint density at radius 2 is 1.84 bits per heavy atom. The monoisotopic (exact) mass is 479 g/mol. The first-order valence-corrected chi connectivity index (χ1v) is 10.6. The van der Waals surface area contributed by atoms with Crippen LogP contribution in [0.3, 0.4) is 0 Å². The van der Waals surface area contributed by atoms with Gasteiger partial charge < -0.3 is 4.42 Å². The summed E-state index contributed by atoms with van der Waals surface area (Å²) in [6.45, 7) is 0.353. The van der Waals surface area contributed by atoms with Crippen LogP contribution in [0.15, 0.2) is 70.0 Å². The maximum Gasteiger partial charge on any atom is 0.416 e. The van der Waals surface area contributed by atoms with Crippen LogP contribution in [0.4, 0.5) is 13.2 Å². The van der Waals surface area contributed by atoms with Crippen LogP contribution in [0.5, 0.6) is 0 Å². The summed E-state index contributed by atoms with van der Waals surface area (Å²) in [5.74, 6) is 0.222. The SMILES string of the molecule is O=C1C(=Cc2ccc(-c3cc(C(F)(F)F)ccc3Cl)o2)SC(=S)N1Cc1ccccc1. The van der Waals surface area contributed by atoms with Crippen molar-refractivity contribution in [3.05, 3.63) is 87.5 Å². The van der Waals surface area contributed by atoms with Crippen LogP contribution < -0.4 is 0 Å². The van der Waals surface area contributed by atoms with Gasteiger partial charge in [-0.25, -0.2) is 0 Å². The first kappa shape index (κ1) is 21.7. The average Bonchev–Trinajstić information content (AvgIpc) is 3.28. The number of furan rings is 1. The van der Waals surface area contributed by atoms with Gasteiger partial charge in [-0.15, -0.1) is 0 Å². The van der Waals surface area contributed by atoms with E-state index < -0.39 is 11.7 Å². The molecule has 3 aromatic rings. The Hall–Kier alpha value is -2.55. The van der Waals surface area contributed by atoms with Gasteiger partial charge in [-0.1, -0.05) is 65.9 Å². The highest BCUT2D eigenvalue weighted by Crippen LogP contribution is 2.38. The standard InChI is InChI=1S/C22H13ClF3NO2S2/c23-17-8-6-14(22(24,25)26)10-16(17)18-9-7-15(29-18)11-19-20(28)27(21(30)31-19)12-13-4-2-1-3-5-13/h1-11H,12H2. The molecular formula is C22H13ClF3NO2S2. The van der Waals surface area contributed by atoms with E-state index >= 15 is 0 Å². The van der Waals surface area contributed by atoms with Crippen molar-refractivity contribution in [3.63, 3.8) is 0 Å². The largest absolute Gasteiger partial charge is 0.457 e. The van der Waals surface area contributed by atoms with Crippen LogP contribution in [0.1, 0.15) is 16.9 Å². The van der Waals surface area contributed by atoms with Crippen LogP contribution in [-0.2, 0) is 17.5 Å². The highest BCUT2D eigenvalue weighted by Gasteiger charge is 2.33. The van der Waals surface area contributed by atoms with Crippen molar-refractivity contribution in [2.24, 2.45) is 0 Å². The molecule has 2 heterocycles. The smallest absolute Gasteiger partial charge is 0.416 e.